The summed E-state index contributed by atoms with van der Waals surface area (Å²) in [6.45, 7) is 2.72. The van der Waals surface area contributed by atoms with Crippen LogP contribution in [0.15, 0.2) is 91.0 Å². The highest BCUT2D eigenvalue weighted by Gasteiger charge is 2.43. The molecule has 0 heterocycles. The molecule has 0 saturated heterocycles. The molecule has 0 aliphatic rings. The van der Waals surface area contributed by atoms with Crippen LogP contribution >= 0.6 is 0 Å². The van der Waals surface area contributed by atoms with E-state index in [1.54, 1.807) is 0 Å². The van der Waals surface area contributed by atoms with Gasteiger partial charge in [-0.2, -0.15) is 0 Å². The Hall–Kier alpha value is -2.87. The number of nitrogens with one attached hydrogen (secondary N) is 1. The lowest BCUT2D eigenvalue weighted by Crippen LogP contribution is -2.46. The summed E-state index contributed by atoms with van der Waals surface area (Å²) in [6, 6.07) is 30.1. The molecule has 25 heavy (non-hydrogen) atoms. The highest BCUT2D eigenvalue weighted by molar-refractivity contribution is 5.96. The van der Waals surface area contributed by atoms with Crippen molar-refractivity contribution in [2.24, 2.45) is 0 Å². The Bertz CT molecular complexity index is 701. The summed E-state index contributed by atoms with van der Waals surface area (Å²) in [5, 5.41) is 3.13. The van der Waals surface area contributed by atoms with Gasteiger partial charge in [-0.1, -0.05) is 97.9 Å². The molecule has 0 saturated carbocycles. The Morgan fingerprint density at radius 3 is 1.40 bits per heavy atom. The third-order valence-electron chi connectivity index (χ3n) is 4.50. The fourth-order valence-corrected chi connectivity index (χ4v) is 3.33. The molecule has 3 aromatic rings. The predicted molar refractivity (Wildman–Crippen MR) is 103 cm³/mol. The zero-order valence-electron chi connectivity index (χ0n) is 14.5. The summed E-state index contributed by atoms with van der Waals surface area (Å²) >= 11 is 0. The molecule has 126 valence electrons. The molecule has 2 nitrogen and oxygen atoms in total. The van der Waals surface area contributed by atoms with E-state index in [0.29, 0.717) is 6.54 Å². The van der Waals surface area contributed by atoms with E-state index in [4.69, 9.17) is 0 Å². The summed E-state index contributed by atoms with van der Waals surface area (Å²) < 4.78 is 0. The SMILES string of the molecule is CCCNC(=O)C(c1ccccc1)(c1ccccc1)c1ccccc1. The van der Waals surface area contributed by atoms with Crippen molar-refractivity contribution in [2.45, 2.75) is 18.8 Å². The van der Waals surface area contributed by atoms with Crippen molar-refractivity contribution in [3.63, 3.8) is 0 Å². The maximum Gasteiger partial charge on any atom is 0.239 e. The van der Waals surface area contributed by atoms with E-state index in [9.17, 15) is 4.79 Å². The smallest absolute Gasteiger partial charge is 0.239 e. The van der Waals surface area contributed by atoms with Gasteiger partial charge in [-0.15, -0.1) is 0 Å². The first-order chi connectivity index (χ1) is 12.3. The largest absolute Gasteiger partial charge is 0.355 e. The van der Waals surface area contributed by atoms with Gasteiger partial charge in [0.25, 0.3) is 0 Å². The van der Waals surface area contributed by atoms with Crippen LogP contribution in [0.1, 0.15) is 30.0 Å². The number of carbonyl (C=O) groups is 1. The van der Waals surface area contributed by atoms with E-state index in [1.807, 2.05) is 91.0 Å². The molecule has 0 unspecified atom stereocenters. The van der Waals surface area contributed by atoms with E-state index >= 15 is 0 Å². The highest BCUT2D eigenvalue weighted by Crippen LogP contribution is 2.39. The quantitative estimate of drug-likeness (QED) is 0.661. The van der Waals surface area contributed by atoms with Crippen LogP contribution in [-0.2, 0) is 10.2 Å². The van der Waals surface area contributed by atoms with Crippen LogP contribution in [0.2, 0.25) is 0 Å². The Kier molecular flexibility index (Phi) is 5.30. The van der Waals surface area contributed by atoms with Crippen LogP contribution in [0.25, 0.3) is 0 Å². The molecule has 0 fully saturated rings. The summed E-state index contributed by atoms with van der Waals surface area (Å²) in [5.74, 6) is 0.0120. The van der Waals surface area contributed by atoms with E-state index in [0.717, 1.165) is 23.1 Å². The van der Waals surface area contributed by atoms with Gasteiger partial charge in [-0.3, -0.25) is 4.79 Å². The molecule has 1 N–H and O–H groups in total. The van der Waals surface area contributed by atoms with Crippen LogP contribution in [0, 0.1) is 0 Å². The Labute approximate surface area is 149 Å². The van der Waals surface area contributed by atoms with Gasteiger partial charge in [0.15, 0.2) is 0 Å². The van der Waals surface area contributed by atoms with E-state index in [1.165, 1.54) is 0 Å². The average molecular weight is 329 g/mol. The van der Waals surface area contributed by atoms with Crippen molar-refractivity contribution in [1.82, 2.24) is 5.32 Å². The Balaban J connectivity index is 2.30. The number of hydrogen-bond donors (Lipinski definition) is 1. The first-order valence-corrected chi connectivity index (χ1v) is 8.75. The monoisotopic (exact) mass is 329 g/mol. The van der Waals surface area contributed by atoms with Crippen molar-refractivity contribution in [3.8, 4) is 0 Å². The molecule has 2 heteroatoms. The zero-order valence-corrected chi connectivity index (χ0v) is 14.5. The lowest BCUT2D eigenvalue weighted by molar-refractivity contribution is -0.124. The number of amides is 1. The maximum absolute atomic E-state index is 13.5. The normalized spacial score (nSPS) is 11.1. The molecule has 1 amide bonds. The van der Waals surface area contributed by atoms with Gasteiger partial charge in [-0.05, 0) is 23.1 Å². The van der Waals surface area contributed by atoms with Gasteiger partial charge >= 0.3 is 0 Å². The van der Waals surface area contributed by atoms with Crippen LogP contribution in [-0.4, -0.2) is 12.5 Å². The molecule has 0 radical (unpaired) electrons. The second-order valence-electron chi connectivity index (χ2n) is 6.10. The van der Waals surface area contributed by atoms with Crippen molar-refractivity contribution >= 4 is 5.91 Å². The fourth-order valence-electron chi connectivity index (χ4n) is 3.33. The van der Waals surface area contributed by atoms with Crippen molar-refractivity contribution in [1.29, 1.82) is 0 Å². The maximum atomic E-state index is 13.5. The van der Waals surface area contributed by atoms with Crippen LogP contribution in [0.3, 0.4) is 0 Å². The minimum Gasteiger partial charge on any atom is -0.355 e. The van der Waals surface area contributed by atoms with Gasteiger partial charge < -0.3 is 5.32 Å². The summed E-state index contributed by atoms with van der Waals surface area (Å²) in [5.41, 5.74) is 2.06. The molecule has 0 spiro atoms. The molecular formula is C23H23NO. The van der Waals surface area contributed by atoms with Gasteiger partial charge in [-0.25, -0.2) is 0 Å². The summed E-state index contributed by atoms with van der Waals surface area (Å²) in [6.07, 6.45) is 0.903. The van der Waals surface area contributed by atoms with Crippen LogP contribution in [0.5, 0.6) is 0 Å². The van der Waals surface area contributed by atoms with Crippen LogP contribution in [0.4, 0.5) is 0 Å². The number of rotatable bonds is 6. The molecule has 0 aliphatic carbocycles. The van der Waals surface area contributed by atoms with Gasteiger partial charge in [0, 0.05) is 6.54 Å². The van der Waals surface area contributed by atoms with Crippen LogP contribution < -0.4 is 5.32 Å². The Morgan fingerprint density at radius 2 is 1.08 bits per heavy atom. The first kappa shape index (κ1) is 17.0. The lowest BCUT2D eigenvalue weighted by atomic mass is 9.68. The molecule has 0 aliphatic heterocycles. The number of hydrogen-bond acceptors (Lipinski definition) is 1. The van der Waals surface area contributed by atoms with Crippen molar-refractivity contribution in [2.75, 3.05) is 6.54 Å². The summed E-state index contributed by atoms with van der Waals surface area (Å²) in [4.78, 5) is 13.5. The third kappa shape index (κ3) is 3.20. The van der Waals surface area contributed by atoms with Gasteiger partial charge in [0.1, 0.15) is 5.41 Å². The molecule has 3 rings (SSSR count). The van der Waals surface area contributed by atoms with Gasteiger partial charge in [0.05, 0.1) is 0 Å². The molecular weight excluding hydrogens is 306 g/mol. The standard InChI is InChI=1S/C23H23NO/c1-2-18-24-22(25)23(19-12-6-3-7-13-19,20-14-8-4-9-15-20)21-16-10-5-11-17-21/h3-17H,2,18H2,1H3,(H,24,25). The van der Waals surface area contributed by atoms with E-state index in [-0.39, 0.29) is 5.91 Å². The predicted octanol–water partition coefficient (Wildman–Crippen LogP) is 4.55. The molecule has 0 bridgehead atoms. The van der Waals surface area contributed by atoms with E-state index < -0.39 is 5.41 Å². The van der Waals surface area contributed by atoms with E-state index in [2.05, 4.69) is 12.2 Å². The fraction of sp³-hybridized carbons (Fsp3) is 0.174. The average Bonchev–Trinajstić information content (AvgIpc) is 2.69. The second-order valence-corrected chi connectivity index (χ2v) is 6.10. The number of benzene rings is 3. The summed E-state index contributed by atoms with van der Waals surface area (Å²) in [7, 11) is 0. The number of carbonyl (C=O) groups excluding carboxylic acids is 1. The van der Waals surface area contributed by atoms with Crippen molar-refractivity contribution < 1.29 is 4.79 Å². The van der Waals surface area contributed by atoms with Crippen molar-refractivity contribution in [3.05, 3.63) is 108 Å². The molecule has 0 atom stereocenters. The zero-order chi connectivity index (χ0) is 17.5. The topological polar surface area (TPSA) is 29.1 Å². The highest BCUT2D eigenvalue weighted by atomic mass is 16.2. The van der Waals surface area contributed by atoms with Gasteiger partial charge in [0.2, 0.25) is 5.91 Å². The lowest BCUT2D eigenvalue weighted by Gasteiger charge is -2.34. The minimum absolute atomic E-state index is 0.0120. The molecule has 0 aromatic heterocycles. The third-order valence-corrected chi connectivity index (χ3v) is 4.50. The molecule has 3 aromatic carbocycles. The minimum atomic E-state index is -0.862. The first-order valence-electron chi connectivity index (χ1n) is 8.75. The second kappa shape index (κ2) is 7.80. The Morgan fingerprint density at radius 1 is 0.720 bits per heavy atom.